The zero-order valence-electron chi connectivity index (χ0n) is 22.7. The summed E-state index contributed by atoms with van der Waals surface area (Å²) in [6.07, 6.45) is 5.60. The Hall–Kier alpha value is -3.80. The van der Waals surface area contributed by atoms with Crippen molar-refractivity contribution >= 4 is 11.8 Å². The number of rotatable bonds is 10. The van der Waals surface area contributed by atoms with Crippen molar-refractivity contribution in [2.75, 3.05) is 13.2 Å². The molecule has 0 spiro atoms. The van der Waals surface area contributed by atoms with Crippen LogP contribution in [0, 0.1) is 6.92 Å². The van der Waals surface area contributed by atoms with E-state index in [1.54, 1.807) is 4.90 Å². The lowest BCUT2D eigenvalue weighted by Gasteiger charge is -2.33. The summed E-state index contributed by atoms with van der Waals surface area (Å²) >= 11 is 0. The molecule has 0 radical (unpaired) electrons. The van der Waals surface area contributed by atoms with Gasteiger partial charge in [0.2, 0.25) is 11.8 Å². The summed E-state index contributed by atoms with van der Waals surface area (Å²) in [5.41, 5.74) is 4.21. The molecule has 1 aliphatic heterocycles. The van der Waals surface area contributed by atoms with Gasteiger partial charge in [-0.25, -0.2) is 0 Å². The second-order valence-electron chi connectivity index (χ2n) is 10.6. The first-order chi connectivity index (χ1) is 19.1. The van der Waals surface area contributed by atoms with Crippen molar-refractivity contribution in [2.45, 2.75) is 70.5 Å². The van der Waals surface area contributed by atoms with Crippen LogP contribution in [0.4, 0.5) is 0 Å². The number of ether oxygens (including phenoxy) is 2. The van der Waals surface area contributed by atoms with E-state index in [-0.39, 0.29) is 17.9 Å². The Morgan fingerprint density at radius 1 is 0.897 bits per heavy atom. The first-order valence-electron chi connectivity index (χ1n) is 14.1. The Bertz CT molecular complexity index is 1270. The maximum Gasteiger partial charge on any atom is 0.243 e. The van der Waals surface area contributed by atoms with E-state index in [0.717, 1.165) is 59.4 Å². The number of nitrogens with zero attached hydrogens (tertiary/aromatic N) is 1. The number of amides is 2. The van der Waals surface area contributed by atoms with Crippen LogP contribution in [0.3, 0.4) is 0 Å². The quantitative estimate of drug-likeness (QED) is 0.384. The fraction of sp³-hybridized carbons (Fsp3) is 0.394. The van der Waals surface area contributed by atoms with E-state index < -0.39 is 6.04 Å². The number of hydrogen-bond acceptors (Lipinski definition) is 4. The predicted molar refractivity (Wildman–Crippen MR) is 152 cm³/mol. The number of aryl methyl sites for hydroxylation is 2. The Balaban J connectivity index is 1.40. The molecule has 1 unspecified atom stereocenters. The SMILES string of the molecule is Cc1ccccc1CN(C(=O)CCc1ccc2c(c1)OCCO2)C(Cc1ccccc1)C(=O)NC1CCCC1. The average molecular weight is 527 g/mol. The zero-order valence-corrected chi connectivity index (χ0v) is 22.7. The smallest absolute Gasteiger partial charge is 0.243 e. The number of nitrogens with one attached hydrogen (secondary N) is 1. The van der Waals surface area contributed by atoms with Gasteiger partial charge in [-0.2, -0.15) is 0 Å². The van der Waals surface area contributed by atoms with Gasteiger partial charge in [0.25, 0.3) is 0 Å². The molecular formula is C33H38N2O4. The zero-order chi connectivity index (χ0) is 27.0. The molecule has 2 aliphatic rings. The lowest BCUT2D eigenvalue weighted by atomic mass is 10.00. The van der Waals surface area contributed by atoms with Gasteiger partial charge in [-0.3, -0.25) is 9.59 Å². The van der Waals surface area contributed by atoms with Crippen molar-refractivity contribution in [1.29, 1.82) is 0 Å². The third-order valence-corrected chi connectivity index (χ3v) is 7.81. The summed E-state index contributed by atoms with van der Waals surface area (Å²) in [5.74, 6) is 1.37. The second-order valence-corrected chi connectivity index (χ2v) is 10.6. The third-order valence-electron chi connectivity index (χ3n) is 7.81. The fourth-order valence-corrected chi connectivity index (χ4v) is 5.53. The topological polar surface area (TPSA) is 67.9 Å². The highest BCUT2D eigenvalue weighted by Crippen LogP contribution is 2.31. The van der Waals surface area contributed by atoms with Gasteiger partial charge in [0, 0.05) is 25.4 Å². The minimum Gasteiger partial charge on any atom is -0.486 e. The van der Waals surface area contributed by atoms with Gasteiger partial charge in [0.1, 0.15) is 19.3 Å². The van der Waals surface area contributed by atoms with E-state index in [1.165, 1.54) is 0 Å². The summed E-state index contributed by atoms with van der Waals surface area (Å²) in [6.45, 7) is 3.52. The summed E-state index contributed by atoms with van der Waals surface area (Å²) in [4.78, 5) is 29.6. The molecule has 6 heteroatoms. The van der Waals surface area contributed by atoms with Crippen molar-refractivity contribution in [3.63, 3.8) is 0 Å². The standard InChI is InChI=1S/C33H38N2O4/c1-24-9-5-6-12-27(24)23-35(32(36)18-16-26-15-17-30-31(22-26)39-20-19-38-30)29(21-25-10-3-2-4-11-25)33(37)34-28-13-7-8-14-28/h2-6,9-12,15,17,22,28-29H,7-8,13-14,16,18-21,23H2,1H3,(H,34,37). The Morgan fingerprint density at radius 3 is 2.38 bits per heavy atom. The fourth-order valence-electron chi connectivity index (χ4n) is 5.53. The van der Waals surface area contributed by atoms with Gasteiger partial charge in [0.15, 0.2) is 11.5 Å². The summed E-state index contributed by atoms with van der Waals surface area (Å²) in [5, 5.41) is 3.28. The van der Waals surface area contributed by atoms with Crippen LogP contribution in [0.1, 0.15) is 54.4 Å². The van der Waals surface area contributed by atoms with Crippen LogP contribution in [0.2, 0.25) is 0 Å². The van der Waals surface area contributed by atoms with E-state index in [9.17, 15) is 9.59 Å². The lowest BCUT2D eigenvalue weighted by molar-refractivity contribution is -0.141. The highest BCUT2D eigenvalue weighted by molar-refractivity contribution is 5.88. The summed E-state index contributed by atoms with van der Waals surface area (Å²) in [6, 6.07) is 23.5. The molecule has 0 bridgehead atoms. The minimum absolute atomic E-state index is 0.0318. The summed E-state index contributed by atoms with van der Waals surface area (Å²) in [7, 11) is 0. The molecule has 204 valence electrons. The van der Waals surface area contributed by atoms with Crippen molar-refractivity contribution in [1.82, 2.24) is 10.2 Å². The highest BCUT2D eigenvalue weighted by Gasteiger charge is 2.32. The van der Waals surface area contributed by atoms with Crippen molar-refractivity contribution in [2.24, 2.45) is 0 Å². The summed E-state index contributed by atoms with van der Waals surface area (Å²) < 4.78 is 11.4. The van der Waals surface area contributed by atoms with E-state index >= 15 is 0 Å². The van der Waals surface area contributed by atoms with Crippen LogP contribution in [0.15, 0.2) is 72.8 Å². The minimum atomic E-state index is -0.597. The molecule has 1 saturated carbocycles. The normalized spacial score (nSPS) is 15.5. The van der Waals surface area contributed by atoms with Crippen LogP contribution < -0.4 is 14.8 Å². The second kappa shape index (κ2) is 12.8. The van der Waals surface area contributed by atoms with Gasteiger partial charge in [-0.15, -0.1) is 0 Å². The number of hydrogen-bond donors (Lipinski definition) is 1. The number of benzene rings is 3. The van der Waals surface area contributed by atoms with Crippen molar-refractivity contribution in [3.05, 3.63) is 95.1 Å². The number of fused-ring (bicyclic) bond motifs is 1. The van der Waals surface area contributed by atoms with Crippen LogP contribution in [0.25, 0.3) is 0 Å². The van der Waals surface area contributed by atoms with E-state index in [2.05, 4.69) is 18.3 Å². The Labute approximate surface area is 231 Å². The van der Waals surface area contributed by atoms with Crippen LogP contribution >= 0.6 is 0 Å². The third kappa shape index (κ3) is 6.99. The van der Waals surface area contributed by atoms with E-state index in [0.29, 0.717) is 39.0 Å². The molecule has 1 heterocycles. The molecular weight excluding hydrogens is 488 g/mol. The molecule has 5 rings (SSSR count). The highest BCUT2D eigenvalue weighted by atomic mass is 16.6. The molecule has 1 aliphatic carbocycles. The first-order valence-corrected chi connectivity index (χ1v) is 14.1. The lowest BCUT2D eigenvalue weighted by Crippen LogP contribution is -2.52. The Kier molecular flexibility index (Phi) is 8.82. The average Bonchev–Trinajstić information content (AvgIpc) is 3.48. The molecule has 0 aromatic heterocycles. The van der Waals surface area contributed by atoms with Gasteiger partial charge in [0.05, 0.1) is 0 Å². The molecule has 0 saturated heterocycles. The molecule has 1 atom stereocenters. The largest absolute Gasteiger partial charge is 0.486 e. The van der Waals surface area contributed by atoms with Crippen LogP contribution in [-0.2, 0) is 29.0 Å². The van der Waals surface area contributed by atoms with Crippen LogP contribution in [-0.4, -0.2) is 42.0 Å². The number of carbonyl (C=O) groups excluding carboxylic acids is 2. The molecule has 2 amide bonds. The van der Waals surface area contributed by atoms with Gasteiger partial charge < -0.3 is 19.7 Å². The maximum atomic E-state index is 14.0. The molecule has 1 fully saturated rings. The van der Waals surface area contributed by atoms with Gasteiger partial charge >= 0.3 is 0 Å². The maximum absolute atomic E-state index is 14.0. The molecule has 1 N–H and O–H groups in total. The molecule has 6 nitrogen and oxygen atoms in total. The molecule has 3 aromatic rings. The van der Waals surface area contributed by atoms with Gasteiger partial charge in [-0.05, 0) is 60.6 Å². The number of carbonyl (C=O) groups is 2. The van der Waals surface area contributed by atoms with Crippen LogP contribution in [0.5, 0.6) is 11.5 Å². The van der Waals surface area contributed by atoms with Crippen molar-refractivity contribution < 1.29 is 19.1 Å². The van der Waals surface area contributed by atoms with E-state index in [1.807, 2.05) is 66.7 Å². The van der Waals surface area contributed by atoms with Crippen molar-refractivity contribution in [3.8, 4) is 11.5 Å². The van der Waals surface area contributed by atoms with Gasteiger partial charge in [-0.1, -0.05) is 73.5 Å². The van der Waals surface area contributed by atoms with E-state index in [4.69, 9.17) is 9.47 Å². The molecule has 3 aromatic carbocycles. The molecule has 39 heavy (non-hydrogen) atoms. The first kappa shape index (κ1) is 26.8. The predicted octanol–water partition coefficient (Wildman–Crippen LogP) is 5.40. The monoisotopic (exact) mass is 526 g/mol. The Morgan fingerprint density at radius 2 is 1.62 bits per heavy atom.